The van der Waals surface area contributed by atoms with Crippen molar-refractivity contribution in [2.75, 3.05) is 11.9 Å². The summed E-state index contributed by atoms with van der Waals surface area (Å²) in [6.45, 7) is 1.90. The predicted octanol–water partition coefficient (Wildman–Crippen LogP) is 2.96. The molecule has 0 atom stereocenters. The number of aryl methyl sites for hydroxylation is 1. The molecule has 0 saturated carbocycles. The Morgan fingerprint density at radius 2 is 1.74 bits per heavy atom. The van der Waals surface area contributed by atoms with Crippen molar-refractivity contribution in [3.63, 3.8) is 0 Å². The van der Waals surface area contributed by atoms with E-state index < -0.39 is 10.0 Å². The first kappa shape index (κ1) is 17.5. The summed E-state index contributed by atoms with van der Waals surface area (Å²) >= 11 is 5.73. The lowest BCUT2D eigenvalue weighted by molar-refractivity contribution is -0.116. The molecule has 0 aromatic heterocycles. The minimum atomic E-state index is -3.64. The van der Waals surface area contributed by atoms with Gasteiger partial charge in [0.25, 0.3) is 0 Å². The van der Waals surface area contributed by atoms with Crippen LogP contribution < -0.4 is 10.0 Å². The van der Waals surface area contributed by atoms with E-state index in [0.717, 1.165) is 11.3 Å². The second kappa shape index (κ2) is 7.59. The van der Waals surface area contributed by atoms with Crippen LogP contribution in [0.5, 0.6) is 0 Å². The van der Waals surface area contributed by atoms with Gasteiger partial charge in [0.05, 0.1) is 4.90 Å². The maximum atomic E-state index is 12.1. The minimum absolute atomic E-state index is 0.0165. The second-order valence-corrected chi connectivity index (χ2v) is 7.17. The molecule has 0 aliphatic heterocycles. The molecule has 2 N–H and O–H groups in total. The van der Waals surface area contributed by atoms with Gasteiger partial charge in [0, 0.05) is 23.7 Å². The van der Waals surface area contributed by atoms with Crippen molar-refractivity contribution < 1.29 is 13.2 Å². The van der Waals surface area contributed by atoms with E-state index in [0.29, 0.717) is 5.02 Å². The summed E-state index contributed by atoms with van der Waals surface area (Å²) in [5, 5.41) is 3.21. The molecule has 7 heteroatoms. The molecule has 0 unspecified atom stereocenters. The van der Waals surface area contributed by atoms with Crippen LogP contribution in [0, 0.1) is 6.92 Å². The number of para-hydroxylation sites is 1. The largest absolute Gasteiger partial charge is 0.326 e. The second-order valence-electron chi connectivity index (χ2n) is 4.96. The minimum Gasteiger partial charge on any atom is -0.326 e. The number of nitrogens with one attached hydrogen (secondary N) is 2. The van der Waals surface area contributed by atoms with Crippen LogP contribution >= 0.6 is 11.6 Å². The average molecular weight is 353 g/mol. The summed E-state index contributed by atoms with van der Waals surface area (Å²) in [6, 6.07) is 13.2. The number of halogens is 1. The Hall–Kier alpha value is -1.89. The van der Waals surface area contributed by atoms with Crippen LogP contribution in [0.3, 0.4) is 0 Å². The molecule has 122 valence electrons. The maximum absolute atomic E-state index is 12.1. The van der Waals surface area contributed by atoms with Crippen LogP contribution in [-0.2, 0) is 14.8 Å². The number of carbonyl (C=O) groups excluding carboxylic acids is 1. The van der Waals surface area contributed by atoms with Crippen molar-refractivity contribution in [2.45, 2.75) is 18.2 Å². The summed E-state index contributed by atoms with van der Waals surface area (Å²) in [6.07, 6.45) is 0.0428. The highest BCUT2D eigenvalue weighted by atomic mass is 35.5. The van der Waals surface area contributed by atoms with Gasteiger partial charge in [0.15, 0.2) is 0 Å². The van der Waals surface area contributed by atoms with Crippen LogP contribution in [0.25, 0.3) is 0 Å². The van der Waals surface area contributed by atoms with Gasteiger partial charge in [-0.05, 0) is 42.8 Å². The Morgan fingerprint density at radius 1 is 1.09 bits per heavy atom. The highest BCUT2D eigenvalue weighted by Crippen LogP contribution is 2.14. The SMILES string of the molecule is Cc1ccccc1NC(=O)CCNS(=O)(=O)c1ccc(Cl)cc1. The van der Waals surface area contributed by atoms with Crippen molar-refractivity contribution in [2.24, 2.45) is 0 Å². The fraction of sp³-hybridized carbons (Fsp3) is 0.188. The third kappa shape index (κ3) is 5.06. The molecule has 0 aliphatic rings. The average Bonchev–Trinajstić information content (AvgIpc) is 2.50. The van der Waals surface area contributed by atoms with E-state index in [1.165, 1.54) is 24.3 Å². The molecule has 1 amide bonds. The van der Waals surface area contributed by atoms with Crippen LogP contribution in [0.2, 0.25) is 5.02 Å². The molecule has 5 nitrogen and oxygen atoms in total. The Balaban J connectivity index is 1.88. The van der Waals surface area contributed by atoms with Gasteiger partial charge in [0.1, 0.15) is 0 Å². The predicted molar refractivity (Wildman–Crippen MR) is 91.1 cm³/mol. The molecule has 2 aromatic rings. The topological polar surface area (TPSA) is 75.3 Å². The van der Waals surface area contributed by atoms with E-state index in [-0.39, 0.29) is 23.8 Å². The number of benzene rings is 2. The lowest BCUT2D eigenvalue weighted by atomic mass is 10.2. The van der Waals surface area contributed by atoms with Crippen molar-refractivity contribution in [1.82, 2.24) is 4.72 Å². The summed E-state index contributed by atoms with van der Waals surface area (Å²) in [5.41, 5.74) is 1.67. The van der Waals surface area contributed by atoms with Crippen LogP contribution in [0.4, 0.5) is 5.69 Å². The first-order valence-corrected chi connectivity index (χ1v) is 8.85. The molecular formula is C16H17ClN2O3S. The van der Waals surface area contributed by atoms with E-state index >= 15 is 0 Å². The maximum Gasteiger partial charge on any atom is 0.240 e. The molecule has 0 spiro atoms. The van der Waals surface area contributed by atoms with E-state index in [4.69, 9.17) is 11.6 Å². The summed E-state index contributed by atoms with van der Waals surface area (Å²) in [5.74, 6) is -0.252. The molecule has 0 fully saturated rings. The molecule has 2 rings (SSSR count). The van der Waals surface area contributed by atoms with Crippen molar-refractivity contribution >= 4 is 33.2 Å². The van der Waals surface area contributed by atoms with Gasteiger partial charge in [0.2, 0.25) is 15.9 Å². The molecule has 2 aromatic carbocycles. The van der Waals surface area contributed by atoms with Crippen molar-refractivity contribution in [3.05, 3.63) is 59.1 Å². The summed E-state index contributed by atoms with van der Waals surface area (Å²) < 4.78 is 26.5. The van der Waals surface area contributed by atoms with Crippen molar-refractivity contribution in [3.8, 4) is 0 Å². The molecule has 0 saturated heterocycles. The zero-order valence-corrected chi connectivity index (χ0v) is 14.1. The van der Waals surface area contributed by atoms with Gasteiger partial charge in [-0.15, -0.1) is 0 Å². The summed E-state index contributed by atoms with van der Waals surface area (Å²) in [7, 11) is -3.64. The van der Waals surface area contributed by atoms with Gasteiger partial charge < -0.3 is 5.32 Å². The number of hydrogen-bond donors (Lipinski definition) is 2. The number of sulfonamides is 1. The lowest BCUT2D eigenvalue weighted by Crippen LogP contribution is -2.27. The molecule has 0 bridgehead atoms. The molecule has 0 radical (unpaired) electrons. The zero-order chi connectivity index (χ0) is 16.9. The van der Waals surface area contributed by atoms with Gasteiger partial charge in [-0.25, -0.2) is 13.1 Å². The number of anilines is 1. The van der Waals surface area contributed by atoms with Crippen LogP contribution in [0.1, 0.15) is 12.0 Å². The number of hydrogen-bond acceptors (Lipinski definition) is 3. The van der Waals surface area contributed by atoms with E-state index in [9.17, 15) is 13.2 Å². The van der Waals surface area contributed by atoms with Gasteiger partial charge in [-0.2, -0.15) is 0 Å². The smallest absolute Gasteiger partial charge is 0.240 e. The first-order chi connectivity index (χ1) is 10.9. The highest BCUT2D eigenvalue weighted by molar-refractivity contribution is 7.89. The first-order valence-electron chi connectivity index (χ1n) is 6.99. The zero-order valence-electron chi connectivity index (χ0n) is 12.5. The Morgan fingerprint density at radius 3 is 2.39 bits per heavy atom. The number of rotatable bonds is 6. The third-order valence-corrected chi connectivity index (χ3v) is 4.92. The Bertz CT molecular complexity index is 789. The standard InChI is InChI=1S/C16H17ClN2O3S/c1-12-4-2-3-5-15(12)19-16(20)10-11-18-23(21,22)14-8-6-13(17)7-9-14/h2-9,18H,10-11H2,1H3,(H,19,20). The Labute approximate surface area is 140 Å². The van der Waals surface area contributed by atoms with Crippen molar-refractivity contribution in [1.29, 1.82) is 0 Å². The summed E-state index contributed by atoms with van der Waals surface area (Å²) in [4.78, 5) is 12.0. The van der Waals surface area contributed by atoms with E-state index in [1.807, 2.05) is 25.1 Å². The monoisotopic (exact) mass is 352 g/mol. The molecule has 0 aliphatic carbocycles. The van der Waals surface area contributed by atoms with Crippen LogP contribution in [-0.4, -0.2) is 20.9 Å². The Kier molecular flexibility index (Phi) is 5.76. The van der Waals surface area contributed by atoms with Crippen LogP contribution in [0.15, 0.2) is 53.4 Å². The fourth-order valence-corrected chi connectivity index (χ4v) is 3.08. The molecule has 0 heterocycles. The van der Waals surface area contributed by atoms with Gasteiger partial charge in [-0.1, -0.05) is 29.8 Å². The lowest BCUT2D eigenvalue weighted by Gasteiger charge is -2.09. The molecule has 23 heavy (non-hydrogen) atoms. The van der Waals surface area contributed by atoms with E-state index in [2.05, 4.69) is 10.0 Å². The molecular weight excluding hydrogens is 336 g/mol. The van der Waals surface area contributed by atoms with Gasteiger partial charge >= 0.3 is 0 Å². The number of carbonyl (C=O) groups is 1. The quantitative estimate of drug-likeness (QED) is 0.839. The highest BCUT2D eigenvalue weighted by Gasteiger charge is 2.14. The fourth-order valence-electron chi connectivity index (χ4n) is 1.92. The normalized spacial score (nSPS) is 11.2. The number of amides is 1. The third-order valence-electron chi connectivity index (χ3n) is 3.19. The van der Waals surface area contributed by atoms with Gasteiger partial charge in [-0.3, -0.25) is 4.79 Å². The van der Waals surface area contributed by atoms with E-state index in [1.54, 1.807) is 6.07 Å².